The van der Waals surface area contributed by atoms with E-state index in [1.807, 2.05) is 17.9 Å². The molecule has 0 fully saturated rings. The van der Waals surface area contributed by atoms with Gasteiger partial charge in [-0.25, -0.2) is 8.78 Å². The van der Waals surface area contributed by atoms with Crippen LogP contribution < -0.4 is 4.90 Å². The van der Waals surface area contributed by atoms with Gasteiger partial charge in [0.25, 0.3) is 6.43 Å². The number of halogens is 2. The van der Waals surface area contributed by atoms with Crippen LogP contribution in [0.25, 0.3) is 5.65 Å². The molecule has 0 aliphatic carbocycles. The molecule has 0 amide bonds. The zero-order chi connectivity index (χ0) is 13.8. The molecule has 0 aliphatic heterocycles. The van der Waals surface area contributed by atoms with Crippen molar-refractivity contribution >= 4 is 11.5 Å². The first kappa shape index (κ1) is 13.1. The first-order chi connectivity index (χ1) is 9.17. The van der Waals surface area contributed by atoms with Gasteiger partial charge < -0.3 is 4.90 Å². The van der Waals surface area contributed by atoms with Crippen molar-refractivity contribution in [2.45, 2.75) is 19.8 Å². The van der Waals surface area contributed by atoms with Crippen molar-refractivity contribution in [1.29, 1.82) is 5.26 Å². The fourth-order valence-corrected chi connectivity index (χ4v) is 1.72. The Bertz CT molecular complexity index is 603. The Labute approximate surface area is 108 Å². The molecule has 0 saturated carbocycles. The van der Waals surface area contributed by atoms with E-state index in [0.717, 1.165) is 4.52 Å². The van der Waals surface area contributed by atoms with E-state index >= 15 is 0 Å². The molecule has 0 spiro atoms. The molecule has 0 radical (unpaired) electrons. The number of nitriles is 1. The first-order valence-corrected chi connectivity index (χ1v) is 5.79. The average molecular weight is 266 g/mol. The fraction of sp³-hybridized carbons (Fsp3) is 0.455. The van der Waals surface area contributed by atoms with Crippen molar-refractivity contribution in [2.24, 2.45) is 0 Å². The molecule has 2 rings (SSSR count). The minimum absolute atomic E-state index is 0.274. The summed E-state index contributed by atoms with van der Waals surface area (Å²) in [5.74, 6) is 0.0418. The number of alkyl halides is 2. The van der Waals surface area contributed by atoms with E-state index in [1.165, 1.54) is 0 Å². The zero-order valence-electron chi connectivity index (χ0n) is 10.3. The van der Waals surface area contributed by atoms with Crippen LogP contribution in [0.3, 0.4) is 0 Å². The van der Waals surface area contributed by atoms with Crippen molar-refractivity contribution in [3.63, 3.8) is 0 Å². The number of aromatic nitrogens is 4. The lowest BCUT2D eigenvalue weighted by Gasteiger charge is -2.20. The molecule has 19 heavy (non-hydrogen) atoms. The van der Waals surface area contributed by atoms with Crippen LogP contribution in [0.1, 0.15) is 25.6 Å². The highest BCUT2D eigenvalue weighted by atomic mass is 19.3. The topological polar surface area (TPSA) is 70.1 Å². The largest absolute Gasteiger partial charge is 0.354 e. The predicted octanol–water partition coefficient (Wildman–Crippen LogP) is 1.80. The van der Waals surface area contributed by atoms with E-state index in [1.54, 1.807) is 12.1 Å². The molecular weight excluding hydrogens is 254 g/mol. The van der Waals surface area contributed by atoms with Crippen LogP contribution in [0.2, 0.25) is 0 Å². The summed E-state index contributed by atoms with van der Waals surface area (Å²) in [6, 6.07) is 5.30. The monoisotopic (exact) mass is 266 g/mol. The third-order valence-electron chi connectivity index (χ3n) is 2.67. The molecule has 8 heteroatoms. The highest BCUT2D eigenvalue weighted by Gasteiger charge is 2.17. The van der Waals surface area contributed by atoms with Gasteiger partial charge in [0.15, 0.2) is 5.65 Å². The number of hydrogen-bond donors (Lipinski definition) is 0. The van der Waals surface area contributed by atoms with Crippen LogP contribution in [-0.4, -0.2) is 32.9 Å². The van der Waals surface area contributed by atoms with Gasteiger partial charge in [-0.2, -0.15) is 9.78 Å². The van der Waals surface area contributed by atoms with Crippen LogP contribution in [0, 0.1) is 11.3 Å². The highest BCUT2D eigenvalue weighted by Crippen LogP contribution is 2.18. The Hall–Kier alpha value is -2.30. The van der Waals surface area contributed by atoms with E-state index in [-0.39, 0.29) is 5.65 Å². The van der Waals surface area contributed by atoms with Gasteiger partial charge in [-0.15, -0.1) is 15.3 Å². The number of rotatable bonds is 5. The lowest BCUT2D eigenvalue weighted by atomic mass is 10.4. The van der Waals surface area contributed by atoms with Gasteiger partial charge in [-0.05, 0) is 19.1 Å². The van der Waals surface area contributed by atoms with Crippen LogP contribution in [0.5, 0.6) is 0 Å². The molecule has 0 unspecified atom stereocenters. The summed E-state index contributed by atoms with van der Waals surface area (Å²) in [4.78, 5) is 1.83. The maximum Gasteiger partial charge on any atom is 0.299 e. The summed E-state index contributed by atoms with van der Waals surface area (Å²) in [5.41, 5.74) is 0.274. The van der Waals surface area contributed by atoms with Gasteiger partial charge in [0.05, 0.1) is 12.5 Å². The molecule has 0 bridgehead atoms. The predicted molar refractivity (Wildman–Crippen MR) is 63.9 cm³/mol. The summed E-state index contributed by atoms with van der Waals surface area (Å²) in [6.07, 6.45) is -2.39. The summed E-state index contributed by atoms with van der Waals surface area (Å²) in [7, 11) is 0. The highest BCUT2D eigenvalue weighted by molar-refractivity contribution is 5.45. The second-order valence-electron chi connectivity index (χ2n) is 3.81. The molecule has 100 valence electrons. The van der Waals surface area contributed by atoms with E-state index in [2.05, 4.69) is 15.3 Å². The SMILES string of the molecule is CCN(CCC#N)c1ccc2nnc(C(F)F)n2n1. The van der Waals surface area contributed by atoms with Crippen molar-refractivity contribution in [3.8, 4) is 6.07 Å². The van der Waals surface area contributed by atoms with Crippen molar-refractivity contribution < 1.29 is 8.78 Å². The minimum Gasteiger partial charge on any atom is -0.354 e. The molecule has 0 N–H and O–H groups in total. The van der Waals surface area contributed by atoms with Gasteiger partial charge in [0.2, 0.25) is 5.82 Å². The van der Waals surface area contributed by atoms with Crippen LogP contribution in [0.4, 0.5) is 14.6 Å². The molecule has 2 aromatic rings. The molecule has 0 saturated heterocycles. The third-order valence-corrected chi connectivity index (χ3v) is 2.67. The minimum atomic E-state index is -2.73. The Morgan fingerprint density at radius 2 is 2.21 bits per heavy atom. The summed E-state index contributed by atoms with van der Waals surface area (Å²) in [6.45, 7) is 3.04. The van der Waals surface area contributed by atoms with E-state index < -0.39 is 12.2 Å². The Morgan fingerprint density at radius 3 is 2.84 bits per heavy atom. The average Bonchev–Trinajstić information content (AvgIpc) is 2.83. The zero-order valence-corrected chi connectivity index (χ0v) is 10.3. The maximum absolute atomic E-state index is 12.7. The second-order valence-corrected chi connectivity index (χ2v) is 3.81. The molecule has 0 aliphatic rings. The third kappa shape index (κ3) is 2.59. The number of fused-ring (bicyclic) bond motifs is 1. The van der Waals surface area contributed by atoms with Gasteiger partial charge in [0.1, 0.15) is 5.82 Å². The standard InChI is InChI=1S/C11H12F2N6/c1-2-18(7-3-6-14)9-5-4-8-15-16-11(10(12)13)19(8)17-9/h4-5,10H,2-3,7H2,1H3. The molecular formula is C11H12F2N6. The van der Waals surface area contributed by atoms with Crippen molar-refractivity contribution in [2.75, 3.05) is 18.0 Å². The van der Waals surface area contributed by atoms with Gasteiger partial charge in [0, 0.05) is 13.1 Å². The Balaban J connectivity index is 2.38. The molecule has 0 atom stereocenters. The Kier molecular flexibility index (Phi) is 3.85. The summed E-state index contributed by atoms with van der Waals surface area (Å²) >= 11 is 0. The lowest BCUT2D eigenvalue weighted by molar-refractivity contribution is 0.137. The molecule has 6 nitrogen and oxygen atoms in total. The molecule has 2 aromatic heterocycles. The van der Waals surface area contributed by atoms with Crippen molar-refractivity contribution in [1.82, 2.24) is 19.8 Å². The first-order valence-electron chi connectivity index (χ1n) is 5.79. The van der Waals surface area contributed by atoms with Gasteiger partial charge >= 0.3 is 0 Å². The fourth-order valence-electron chi connectivity index (χ4n) is 1.72. The lowest BCUT2D eigenvalue weighted by Crippen LogP contribution is -2.25. The quantitative estimate of drug-likeness (QED) is 0.825. The van der Waals surface area contributed by atoms with E-state index in [9.17, 15) is 8.78 Å². The maximum atomic E-state index is 12.7. The Morgan fingerprint density at radius 1 is 1.42 bits per heavy atom. The van der Waals surface area contributed by atoms with Crippen LogP contribution >= 0.6 is 0 Å². The van der Waals surface area contributed by atoms with Gasteiger partial charge in [-0.3, -0.25) is 0 Å². The van der Waals surface area contributed by atoms with Crippen LogP contribution in [0.15, 0.2) is 12.1 Å². The number of anilines is 1. The van der Waals surface area contributed by atoms with Crippen molar-refractivity contribution in [3.05, 3.63) is 18.0 Å². The number of nitrogens with zero attached hydrogens (tertiary/aromatic N) is 6. The van der Waals surface area contributed by atoms with E-state index in [4.69, 9.17) is 5.26 Å². The van der Waals surface area contributed by atoms with Gasteiger partial charge in [-0.1, -0.05) is 0 Å². The number of hydrogen-bond acceptors (Lipinski definition) is 5. The molecule has 0 aromatic carbocycles. The van der Waals surface area contributed by atoms with Crippen LogP contribution in [-0.2, 0) is 0 Å². The molecule has 2 heterocycles. The smallest absolute Gasteiger partial charge is 0.299 e. The van der Waals surface area contributed by atoms with E-state index in [0.29, 0.717) is 25.3 Å². The normalized spacial score (nSPS) is 10.9. The summed E-state index contributed by atoms with van der Waals surface area (Å²) < 4.78 is 26.5. The summed E-state index contributed by atoms with van der Waals surface area (Å²) in [5, 5.41) is 19.7. The second kappa shape index (κ2) is 5.56.